The molecular formula is C16H17NO5. The zero-order chi connectivity index (χ0) is 15.1. The van der Waals surface area contributed by atoms with E-state index in [9.17, 15) is 15.3 Å². The Morgan fingerprint density at radius 2 is 1.91 bits per heavy atom. The van der Waals surface area contributed by atoms with Crippen molar-refractivity contribution in [2.24, 2.45) is 0 Å². The summed E-state index contributed by atoms with van der Waals surface area (Å²) in [6.45, 7) is 0.551. The summed E-state index contributed by atoms with van der Waals surface area (Å²) in [5.41, 5.74) is 1.02. The molecule has 0 radical (unpaired) electrons. The van der Waals surface area contributed by atoms with Crippen LogP contribution in [0.5, 0.6) is 11.5 Å². The standard InChI is InChI=1S/C16H17NO5/c18-8-1-2-16-10-5-12-11(21-7-22-12)4-9(10)15(20)17(6-14(16)19)13(16)3-8/h1-2,4-5,8,13-15,18-20H,3,6-7H2/t8-,13+,14-,15?,16-/m1/s1. The van der Waals surface area contributed by atoms with Crippen LogP contribution in [0, 0.1) is 0 Å². The van der Waals surface area contributed by atoms with Crippen molar-refractivity contribution >= 4 is 0 Å². The van der Waals surface area contributed by atoms with Gasteiger partial charge in [-0.25, -0.2) is 0 Å². The molecule has 0 spiro atoms. The summed E-state index contributed by atoms with van der Waals surface area (Å²) >= 11 is 0. The summed E-state index contributed by atoms with van der Waals surface area (Å²) in [5, 5.41) is 31.4. The van der Waals surface area contributed by atoms with Crippen LogP contribution in [0.15, 0.2) is 24.3 Å². The van der Waals surface area contributed by atoms with Crippen molar-refractivity contribution in [3.63, 3.8) is 0 Å². The van der Waals surface area contributed by atoms with Crippen molar-refractivity contribution < 1.29 is 24.8 Å². The Morgan fingerprint density at radius 3 is 2.73 bits per heavy atom. The number of hydrogen-bond acceptors (Lipinski definition) is 6. The first-order valence-corrected chi connectivity index (χ1v) is 7.54. The minimum atomic E-state index is -0.807. The number of aliphatic hydroxyl groups excluding tert-OH is 3. The predicted molar refractivity (Wildman–Crippen MR) is 75.5 cm³/mol. The van der Waals surface area contributed by atoms with Crippen molar-refractivity contribution in [2.75, 3.05) is 13.3 Å². The molecule has 0 amide bonds. The second-order valence-corrected chi connectivity index (χ2v) is 6.49. The Hall–Kier alpha value is -1.60. The van der Waals surface area contributed by atoms with Crippen LogP contribution in [0.1, 0.15) is 23.8 Å². The summed E-state index contributed by atoms with van der Waals surface area (Å²) in [4.78, 5) is 1.88. The molecule has 1 aliphatic carbocycles. The van der Waals surface area contributed by atoms with E-state index in [1.807, 2.05) is 23.1 Å². The highest BCUT2D eigenvalue weighted by Crippen LogP contribution is 2.56. The van der Waals surface area contributed by atoms with Gasteiger partial charge in [-0.15, -0.1) is 0 Å². The van der Waals surface area contributed by atoms with Crippen molar-refractivity contribution in [1.82, 2.24) is 4.90 Å². The number of aliphatic hydroxyl groups is 3. The molecule has 1 aromatic carbocycles. The molecule has 116 valence electrons. The Morgan fingerprint density at radius 1 is 1.14 bits per heavy atom. The minimum Gasteiger partial charge on any atom is -0.454 e. The molecule has 2 unspecified atom stereocenters. The fraction of sp³-hybridized carbons (Fsp3) is 0.500. The smallest absolute Gasteiger partial charge is 0.231 e. The van der Waals surface area contributed by atoms with E-state index in [1.165, 1.54) is 0 Å². The van der Waals surface area contributed by atoms with Crippen molar-refractivity contribution in [2.45, 2.75) is 36.3 Å². The lowest BCUT2D eigenvalue weighted by molar-refractivity contribution is -0.0364. The van der Waals surface area contributed by atoms with Crippen LogP contribution >= 0.6 is 0 Å². The van der Waals surface area contributed by atoms with Gasteiger partial charge in [0.15, 0.2) is 11.5 Å². The van der Waals surface area contributed by atoms with E-state index in [4.69, 9.17) is 9.47 Å². The Kier molecular flexibility index (Phi) is 2.36. The molecule has 6 nitrogen and oxygen atoms in total. The SMILES string of the molecule is OC1c2cc3c(cc2[C@]24C=C[C@@H](O)C[C@@H]2N1C[C@H]4O)OCO3. The van der Waals surface area contributed by atoms with Gasteiger partial charge in [-0.3, -0.25) is 4.90 Å². The fourth-order valence-electron chi connectivity index (χ4n) is 4.55. The van der Waals surface area contributed by atoms with Gasteiger partial charge in [0.05, 0.1) is 17.6 Å². The van der Waals surface area contributed by atoms with Crippen molar-refractivity contribution in [3.05, 3.63) is 35.4 Å². The number of benzene rings is 1. The highest BCUT2D eigenvalue weighted by molar-refractivity contribution is 5.57. The van der Waals surface area contributed by atoms with Gasteiger partial charge < -0.3 is 24.8 Å². The first kappa shape index (κ1) is 12.9. The third-order valence-corrected chi connectivity index (χ3v) is 5.55. The van der Waals surface area contributed by atoms with Gasteiger partial charge >= 0.3 is 0 Å². The monoisotopic (exact) mass is 303 g/mol. The van der Waals surface area contributed by atoms with Crippen LogP contribution in [-0.2, 0) is 5.41 Å². The van der Waals surface area contributed by atoms with Gasteiger partial charge in [0.1, 0.15) is 6.23 Å². The third-order valence-electron chi connectivity index (χ3n) is 5.55. The average molecular weight is 303 g/mol. The molecule has 5 rings (SSSR count). The molecule has 0 aromatic heterocycles. The van der Waals surface area contributed by atoms with Gasteiger partial charge in [0.25, 0.3) is 0 Å². The maximum absolute atomic E-state index is 10.7. The molecule has 1 aromatic rings. The lowest BCUT2D eigenvalue weighted by atomic mass is 9.65. The number of ether oxygens (including phenoxy) is 2. The Balaban J connectivity index is 1.79. The van der Waals surface area contributed by atoms with Crippen LogP contribution in [0.25, 0.3) is 0 Å². The van der Waals surface area contributed by atoms with E-state index in [1.54, 1.807) is 6.08 Å². The number of rotatable bonds is 0. The van der Waals surface area contributed by atoms with E-state index in [-0.39, 0.29) is 12.8 Å². The first-order chi connectivity index (χ1) is 10.6. The lowest BCUT2D eigenvalue weighted by Crippen LogP contribution is -2.53. The second-order valence-electron chi connectivity index (χ2n) is 6.49. The van der Waals surface area contributed by atoms with E-state index in [2.05, 4.69) is 0 Å². The van der Waals surface area contributed by atoms with Crippen molar-refractivity contribution in [3.8, 4) is 11.5 Å². The topological polar surface area (TPSA) is 82.4 Å². The average Bonchev–Trinajstić information content (AvgIpc) is 3.05. The highest BCUT2D eigenvalue weighted by atomic mass is 16.7. The Bertz CT molecular complexity index is 689. The minimum absolute atomic E-state index is 0.120. The molecule has 4 aliphatic rings. The van der Waals surface area contributed by atoms with Crippen LogP contribution in [0.3, 0.4) is 0 Å². The largest absolute Gasteiger partial charge is 0.454 e. The number of hydrogen-bond donors (Lipinski definition) is 3. The van der Waals surface area contributed by atoms with Crippen LogP contribution in [0.2, 0.25) is 0 Å². The maximum Gasteiger partial charge on any atom is 0.231 e. The highest BCUT2D eigenvalue weighted by Gasteiger charge is 2.60. The fourth-order valence-corrected chi connectivity index (χ4v) is 4.55. The summed E-state index contributed by atoms with van der Waals surface area (Å²) in [6, 6.07) is 3.57. The lowest BCUT2D eigenvalue weighted by Gasteiger charge is -2.47. The van der Waals surface area contributed by atoms with Gasteiger partial charge in [0.2, 0.25) is 6.79 Å². The normalized spacial score (nSPS) is 43.9. The summed E-state index contributed by atoms with van der Waals surface area (Å²) in [5.74, 6) is 1.27. The van der Waals surface area contributed by atoms with Crippen LogP contribution in [-0.4, -0.2) is 51.8 Å². The van der Waals surface area contributed by atoms with E-state index in [0.717, 1.165) is 11.1 Å². The summed E-state index contributed by atoms with van der Waals surface area (Å²) in [6.07, 6.45) is 2.17. The van der Waals surface area contributed by atoms with Crippen molar-refractivity contribution in [1.29, 1.82) is 0 Å². The molecular weight excluding hydrogens is 286 g/mol. The van der Waals surface area contributed by atoms with E-state index < -0.39 is 23.9 Å². The van der Waals surface area contributed by atoms with Gasteiger partial charge in [-0.05, 0) is 24.1 Å². The molecule has 3 heterocycles. The third kappa shape index (κ3) is 1.34. The zero-order valence-corrected chi connectivity index (χ0v) is 11.8. The van der Waals surface area contributed by atoms with Gasteiger partial charge in [0, 0.05) is 18.2 Å². The van der Waals surface area contributed by atoms with E-state index >= 15 is 0 Å². The molecule has 6 heteroatoms. The zero-order valence-electron chi connectivity index (χ0n) is 11.8. The predicted octanol–water partition coefficient (Wildman–Crippen LogP) is 0.0235. The molecule has 3 N–H and O–H groups in total. The summed E-state index contributed by atoms with van der Waals surface area (Å²) < 4.78 is 10.9. The number of fused-ring (bicyclic) bond motifs is 2. The molecule has 6 atom stereocenters. The molecule has 1 saturated heterocycles. The molecule has 1 fully saturated rings. The molecule has 3 aliphatic heterocycles. The second kappa shape index (κ2) is 4.02. The van der Waals surface area contributed by atoms with Gasteiger partial charge in [-0.1, -0.05) is 12.2 Å². The summed E-state index contributed by atoms with van der Waals surface area (Å²) in [7, 11) is 0. The van der Waals surface area contributed by atoms with Crippen LogP contribution in [0.4, 0.5) is 0 Å². The van der Waals surface area contributed by atoms with Gasteiger partial charge in [-0.2, -0.15) is 0 Å². The Labute approximate surface area is 127 Å². The van der Waals surface area contributed by atoms with E-state index in [0.29, 0.717) is 24.5 Å². The van der Waals surface area contributed by atoms with Crippen LogP contribution < -0.4 is 9.47 Å². The quantitative estimate of drug-likeness (QED) is 0.586. The molecule has 2 bridgehead atoms. The maximum atomic E-state index is 10.7. The first-order valence-electron chi connectivity index (χ1n) is 7.54. The molecule has 0 saturated carbocycles. The number of nitrogens with zero attached hydrogens (tertiary/aromatic N) is 1. The molecule has 22 heavy (non-hydrogen) atoms.